The average Bonchev–Trinajstić information content (AvgIpc) is 3.18. The van der Waals surface area contributed by atoms with Crippen molar-refractivity contribution in [2.75, 3.05) is 7.11 Å². The summed E-state index contributed by atoms with van der Waals surface area (Å²) in [5.41, 5.74) is 1.17. The van der Waals surface area contributed by atoms with Gasteiger partial charge in [0.25, 0.3) is 0 Å². The van der Waals surface area contributed by atoms with Gasteiger partial charge >= 0.3 is 0 Å². The number of ether oxygens (including phenoxy) is 1. The molecule has 1 aliphatic heterocycles. The van der Waals surface area contributed by atoms with Crippen LogP contribution in [-0.2, 0) is 9.53 Å². The molecule has 2 heterocycles. The molecule has 0 saturated heterocycles. The van der Waals surface area contributed by atoms with E-state index in [4.69, 9.17) is 4.74 Å². The van der Waals surface area contributed by atoms with Crippen molar-refractivity contribution in [1.82, 2.24) is 9.55 Å². The molecule has 122 valence electrons. The fourth-order valence-corrected chi connectivity index (χ4v) is 4.62. The molecule has 0 radical (unpaired) electrons. The largest absolute Gasteiger partial charge is 0.500 e. The first-order valence-corrected chi connectivity index (χ1v) is 8.76. The Bertz CT molecular complexity index is 652. The van der Waals surface area contributed by atoms with Gasteiger partial charge in [-0.2, -0.15) is 0 Å². The first-order valence-electron chi connectivity index (χ1n) is 8.76. The van der Waals surface area contributed by atoms with Crippen molar-refractivity contribution in [2.45, 2.75) is 50.5 Å². The number of fused-ring (bicyclic) bond motifs is 3. The van der Waals surface area contributed by atoms with Crippen LogP contribution in [0.2, 0.25) is 0 Å². The maximum absolute atomic E-state index is 12.8. The summed E-state index contributed by atoms with van der Waals surface area (Å²) in [5.74, 6) is 2.21. The molecular weight excluding hydrogens is 288 g/mol. The summed E-state index contributed by atoms with van der Waals surface area (Å²) in [4.78, 5) is 17.1. The van der Waals surface area contributed by atoms with E-state index in [9.17, 15) is 4.79 Å². The fraction of sp³-hybridized carbons (Fsp3) is 0.579. The van der Waals surface area contributed by atoms with E-state index in [1.165, 1.54) is 25.0 Å². The number of nitrogens with zero attached hydrogens (tertiary/aromatic N) is 2. The summed E-state index contributed by atoms with van der Waals surface area (Å²) in [6.45, 7) is 0. The second kappa shape index (κ2) is 5.99. The minimum absolute atomic E-state index is 0.182. The van der Waals surface area contributed by atoms with Crippen molar-refractivity contribution < 1.29 is 9.53 Å². The molecule has 1 saturated carbocycles. The summed E-state index contributed by atoms with van der Waals surface area (Å²) < 4.78 is 7.79. The van der Waals surface area contributed by atoms with Crippen molar-refractivity contribution in [2.24, 2.45) is 11.8 Å². The molecule has 3 atom stereocenters. The van der Waals surface area contributed by atoms with E-state index in [0.717, 1.165) is 18.6 Å². The summed E-state index contributed by atoms with van der Waals surface area (Å²) in [6, 6.07) is 0.182. The van der Waals surface area contributed by atoms with Crippen LogP contribution in [0.25, 0.3) is 0 Å². The van der Waals surface area contributed by atoms with E-state index in [1.54, 1.807) is 7.11 Å². The molecule has 4 rings (SSSR count). The molecule has 2 aliphatic carbocycles. The highest BCUT2D eigenvalue weighted by Crippen LogP contribution is 2.49. The molecule has 0 amide bonds. The number of methoxy groups -OCH3 is 1. The van der Waals surface area contributed by atoms with Crippen LogP contribution in [0.3, 0.4) is 0 Å². The van der Waals surface area contributed by atoms with E-state index in [1.807, 2.05) is 18.6 Å². The van der Waals surface area contributed by atoms with Gasteiger partial charge in [-0.3, -0.25) is 4.79 Å². The zero-order chi connectivity index (χ0) is 15.8. The fourth-order valence-electron chi connectivity index (χ4n) is 4.62. The maximum atomic E-state index is 12.8. The number of Topliss-reactive ketones (excluding diaryl/α,β-unsaturated/α-hetero) is 1. The number of carbonyl (C=O) groups excluding carboxylic acids is 1. The van der Waals surface area contributed by atoms with E-state index in [0.29, 0.717) is 18.1 Å². The van der Waals surface area contributed by atoms with Crippen molar-refractivity contribution in [1.29, 1.82) is 0 Å². The van der Waals surface area contributed by atoms with Crippen LogP contribution in [0.4, 0.5) is 0 Å². The second-order valence-electron chi connectivity index (χ2n) is 7.01. The Morgan fingerprint density at radius 2 is 2.17 bits per heavy atom. The van der Waals surface area contributed by atoms with Crippen molar-refractivity contribution in [3.63, 3.8) is 0 Å². The van der Waals surface area contributed by atoms with Gasteiger partial charge in [-0.05, 0) is 18.9 Å². The Labute approximate surface area is 137 Å². The summed E-state index contributed by atoms with van der Waals surface area (Å²) in [7, 11) is 1.73. The van der Waals surface area contributed by atoms with Gasteiger partial charge in [0, 0.05) is 36.2 Å². The van der Waals surface area contributed by atoms with Crippen LogP contribution < -0.4 is 0 Å². The first kappa shape index (κ1) is 14.7. The Morgan fingerprint density at radius 3 is 2.96 bits per heavy atom. The zero-order valence-electron chi connectivity index (χ0n) is 13.6. The number of rotatable bonds is 4. The van der Waals surface area contributed by atoms with E-state index >= 15 is 0 Å². The lowest BCUT2D eigenvalue weighted by atomic mass is 9.79. The number of ketones is 1. The quantitative estimate of drug-likeness (QED) is 0.850. The van der Waals surface area contributed by atoms with Crippen LogP contribution in [0.5, 0.6) is 0 Å². The van der Waals surface area contributed by atoms with Gasteiger partial charge in [0.1, 0.15) is 11.5 Å². The van der Waals surface area contributed by atoms with Gasteiger partial charge in [-0.15, -0.1) is 0 Å². The molecule has 3 unspecified atom stereocenters. The van der Waals surface area contributed by atoms with Crippen molar-refractivity contribution in [3.8, 4) is 0 Å². The molecule has 0 bridgehead atoms. The van der Waals surface area contributed by atoms with Crippen LogP contribution in [-0.4, -0.2) is 22.4 Å². The van der Waals surface area contributed by atoms with Gasteiger partial charge in [0.05, 0.1) is 19.4 Å². The lowest BCUT2D eigenvalue weighted by Crippen LogP contribution is -2.24. The molecule has 1 aromatic rings. The Hall–Kier alpha value is -1.84. The molecule has 0 spiro atoms. The lowest BCUT2D eigenvalue weighted by Gasteiger charge is -2.27. The SMILES string of the molecule is COC1=CC=CC2C1c1cncn1C2CC(=O)C1CCCCC1. The Balaban J connectivity index is 1.58. The molecule has 3 aliphatic rings. The third-order valence-corrected chi connectivity index (χ3v) is 5.81. The average molecular weight is 312 g/mol. The monoisotopic (exact) mass is 312 g/mol. The molecule has 4 heteroatoms. The molecule has 1 fully saturated rings. The van der Waals surface area contributed by atoms with Gasteiger partial charge in [0.2, 0.25) is 0 Å². The molecule has 0 N–H and O–H groups in total. The van der Waals surface area contributed by atoms with Crippen LogP contribution in [0.1, 0.15) is 56.2 Å². The van der Waals surface area contributed by atoms with Gasteiger partial charge in [0.15, 0.2) is 0 Å². The second-order valence-corrected chi connectivity index (χ2v) is 7.01. The Morgan fingerprint density at radius 1 is 1.35 bits per heavy atom. The number of imidazole rings is 1. The summed E-state index contributed by atoms with van der Waals surface area (Å²) in [5, 5.41) is 0. The molecule has 1 aromatic heterocycles. The van der Waals surface area contributed by atoms with Gasteiger partial charge in [-0.1, -0.05) is 31.4 Å². The minimum atomic E-state index is 0.182. The minimum Gasteiger partial charge on any atom is -0.500 e. The highest BCUT2D eigenvalue weighted by Gasteiger charge is 2.44. The molecular formula is C19H24N2O2. The molecule has 4 nitrogen and oxygen atoms in total. The predicted octanol–water partition coefficient (Wildman–Crippen LogP) is 3.78. The van der Waals surface area contributed by atoms with Gasteiger partial charge in [-0.25, -0.2) is 4.98 Å². The maximum Gasteiger partial charge on any atom is 0.138 e. The highest BCUT2D eigenvalue weighted by molar-refractivity contribution is 5.81. The Kier molecular flexibility index (Phi) is 3.83. The smallest absolute Gasteiger partial charge is 0.138 e. The van der Waals surface area contributed by atoms with Crippen LogP contribution in [0.15, 0.2) is 36.5 Å². The van der Waals surface area contributed by atoms with E-state index < -0.39 is 0 Å². The summed E-state index contributed by atoms with van der Waals surface area (Å²) >= 11 is 0. The number of carbonyl (C=O) groups is 1. The predicted molar refractivity (Wildman–Crippen MR) is 87.9 cm³/mol. The summed E-state index contributed by atoms with van der Waals surface area (Å²) in [6.07, 6.45) is 16.6. The zero-order valence-corrected chi connectivity index (χ0v) is 13.6. The highest BCUT2D eigenvalue weighted by atomic mass is 16.5. The van der Waals surface area contributed by atoms with E-state index in [-0.39, 0.29) is 17.9 Å². The first-order chi connectivity index (χ1) is 11.3. The van der Waals surface area contributed by atoms with Crippen molar-refractivity contribution in [3.05, 3.63) is 42.2 Å². The number of allylic oxidation sites excluding steroid dienone is 4. The van der Waals surface area contributed by atoms with E-state index in [2.05, 4.69) is 21.7 Å². The van der Waals surface area contributed by atoms with Gasteiger partial charge < -0.3 is 9.30 Å². The van der Waals surface area contributed by atoms with Crippen LogP contribution >= 0.6 is 0 Å². The number of hydrogen-bond acceptors (Lipinski definition) is 3. The standard InChI is InChI=1S/C19H24N2O2/c1-23-18-9-5-8-14-15(21-12-20-11-16(21)19(14)18)10-17(22)13-6-3-2-4-7-13/h5,8-9,11-15,19H,2-4,6-7,10H2,1H3. The van der Waals surface area contributed by atoms with Crippen LogP contribution in [0, 0.1) is 11.8 Å². The number of aromatic nitrogens is 2. The number of hydrogen-bond donors (Lipinski definition) is 0. The molecule has 0 aromatic carbocycles. The normalized spacial score (nSPS) is 29.8. The third-order valence-electron chi connectivity index (χ3n) is 5.81. The third kappa shape index (κ3) is 2.44. The lowest BCUT2D eigenvalue weighted by molar-refractivity contribution is -0.124. The topological polar surface area (TPSA) is 44.1 Å². The van der Waals surface area contributed by atoms with Crippen molar-refractivity contribution >= 4 is 5.78 Å². The molecule has 23 heavy (non-hydrogen) atoms.